The van der Waals surface area contributed by atoms with Crippen LogP contribution in [0.1, 0.15) is 19.0 Å². The molecule has 3 heterocycles. The maximum atomic E-state index is 14.7. The van der Waals surface area contributed by atoms with Crippen LogP contribution in [-0.2, 0) is 18.3 Å². The van der Waals surface area contributed by atoms with Crippen LogP contribution >= 0.6 is 0 Å². The molecule has 0 radical (unpaired) electrons. The fourth-order valence-corrected chi connectivity index (χ4v) is 3.67. The van der Waals surface area contributed by atoms with Crippen molar-refractivity contribution in [3.63, 3.8) is 0 Å². The normalized spacial score (nSPS) is 16.4. The van der Waals surface area contributed by atoms with Crippen LogP contribution in [-0.4, -0.2) is 50.8 Å². The molecule has 0 unspecified atom stereocenters. The standard InChI is InChI=1S/C21H23FN4O/c1-3-6-26-13-21(22,14-26)20(27)9-19-8-17-7-15(4-5-16(17)10-23-19)18-11-24-25(2)12-18/h4-5,7-8,10-12H,3,6,9,13-14H2,1-2H3. The lowest BCUT2D eigenvalue weighted by Crippen LogP contribution is -2.63. The molecule has 1 saturated heterocycles. The average molecular weight is 366 g/mol. The molecule has 1 aliphatic rings. The predicted molar refractivity (Wildman–Crippen MR) is 103 cm³/mol. The summed E-state index contributed by atoms with van der Waals surface area (Å²) >= 11 is 0. The summed E-state index contributed by atoms with van der Waals surface area (Å²) in [5, 5.41) is 6.19. The molecule has 0 saturated carbocycles. The van der Waals surface area contributed by atoms with Crippen LogP contribution in [0.4, 0.5) is 4.39 Å². The molecule has 0 aliphatic carbocycles. The van der Waals surface area contributed by atoms with Crippen LogP contribution in [0.25, 0.3) is 21.9 Å². The van der Waals surface area contributed by atoms with Crippen molar-refractivity contribution in [2.75, 3.05) is 19.6 Å². The number of carbonyl (C=O) groups excluding carboxylic acids is 1. The first-order chi connectivity index (χ1) is 13.0. The first-order valence-corrected chi connectivity index (χ1v) is 9.29. The van der Waals surface area contributed by atoms with Gasteiger partial charge in [0.2, 0.25) is 0 Å². The van der Waals surface area contributed by atoms with E-state index >= 15 is 0 Å². The topological polar surface area (TPSA) is 51.0 Å². The number of hydrogen-bond acceptors (Lipinski definition) is 4. The average Bonchev–Trinajstić information content (AvgIpc) is 3.06. The Hall–Kier alpha value is -2.60. The van der Waals surface area contributed by atoms with Crippen LogP contribution < -0.4 is 0 Å². The van der Waals surface area contributed by atoms with Crippen LogP contribution in [0, 0.1) is 0 Å². The molecule has 27 heavy (non-hydrogen) atoms. The molecule has 0 atom stereocenters. The van der Waals surface area contributed by atoms with E-state index in [-0.39, 0.29) is 25.3 Å². The molecular formula is C21H23FN4O. The molecule has 140 valence electrons. The van der Waals surface area contributed by atoms with Crippen molar-refractivity contribution in [2.24, 2.45) is 7.05 Å². The fraction of sp³-hybridized carbons (Fsp3) is 0.381. The minimum absolute atomic E-state index is 0.0313. The number of halogens is 1. The number of alkyl halides is 1. The van der Waals surface area contributed by atoms with Crippen LogP contribution in [0.3, 0.4) is 0 Å². The highest BCUT2D eigenvalue weighted by atomic mass is 19.1. The smallest absolute Gasteiger partial charge is 0.194 e. The van der Waals surface area contributed by atoms with E-state index in [4.69, 9.17) is 0 Å². The second-order valence-electron chi connectivity index (χ2n) is 7.42. The van der Waals surface area contributed by atoms with Gasteiger partial charge in [-0.25, -0.2) is 4.39 Å². The zero-order chi connectivity index (χ0) is 19.0. The van der Waals surface area contributed by atoms with E-state index in [1.165, 1.54) is 0 Å². The number of nitrogens with zero attached hydrogens (tertiary/aromatic N) is 4. The van der Waals surface area contributed by atoms with Gasteiger partial charge in [-0.3, -0.25) is 19.4 Å². The summed E-state index contributed by atoms with van der Waals surface area (Å²) in [6, 6.07) is 7.97. The summed E-state index contributed by atoms with van der Waals surface area (Å²) in [6.45, 7) is 3.31. The number of carbonyl (C=O) groups is 1. The molecule has 6 heteroatoms. The van der Waals surface area contributed by atoms with E-state index in [2.05, 4.69) is 23.1 Å². The van der Waals surface area contributed by atoms with Crippen LogP contribution in [0.15, 0.2) is 42.9 Å². The van der Waals surface area contributed by atoms with Gasteiger partial charge in [-0.2, -0.15) is 5.10 Å². The molecule has 0 spiro atoms. The van der Waals surface area contributed by atoms with E-state index in [9.17, 15) is 9.18 Å². The van der Waals surface area contributed by atoms with Gasteiger partial charge in [0.1, 0.15) is 0 Å². The molecule has 3 aromatic rings. The molecule has 1 aromatic carbocycles. The SMILES string of the molecule is CCCN1CC(F)(C(=O)Cc2cc3cc(-c4cnn(C)c4)ccc3cn2)C1. The van der Waals surface area contributed by atoms with Gasteiger partial charge in [0.15, 0.2) is 11.5 Å². The molecule has 0 bridgehead atoms. The van der Waals surface area contributed by atoms with Crippen molar-refractivity contribution in [1.29, 1.82) is 0 Å². The Bertz CT molecular complexity index is 991. The Morgan fingerprint density at radius 1 is 1.19 bits per heavy atom. The summed E-state index contributed by atoms with van der Waals surface area (Å²) in [6.07, 6.45) is 6.52. The summed E-state index contributed by atoms with van der Waals surface area (Å²) < 4.78 is 16.5. The largest absolute Gasteiger partial charge is 0.296 e. The van der Waals surface area contributed by atoms with Gasteiger partial charge in [-0.1, -0.05) is 19.1 Å². The summed E-state index contributed by atoms with van der Waals surface area (Å²) in [5.74, 6) is -0.370. The number of aryl methyl sites for hydroxylation is 1. The Morgan fingerprint density at radius 3 is 2.70 bits per heavy atom. The number of pyridine rings is 1. The van der Waals surface area contributed by atoms with Gasteiger partial charge < -0.3 is 0 Å². The zero-order valence-electron chi connectivity index (χ0n) is 15.7. The monoisotopic (exact) mass is 366 g/mol. The highest BCUT2D eigenvalue weighted by Crippen LogP contribution is 2.29. The lowest BCUT2D eigenvalue weighted by Gasteiger charge is -2.43. The van der Waals surface area contributed by atoms with Gasteiger partial charge in [-0.05, 0) is 36.0 Å². The highest BCUT2D eigenvalue weighted by Gasteiger charge is 2.48. The van der Waals surface area contributed by atoms with E-state index in [0.717, 1.165) is 34.9 Å². The second-order valence-corrected chi connectivity index (χ2v) is 7.42. The number of aromatic nitrogens is 3. The van der Waals surface area contributed by atoms with E-state index in [1.807, 2.05) is 42.5 Å². The number of Topliss-reactive ketones (excluding diaryl/α,β-unsaturated/α-hetero) is 1. The van der Waals surface area contributed by atoms with E-state index in [1.54, 1.807) is 10.9 Å². The van der Waals surface area contributed by atoms with Gasteiger partial charge in [-0.15, -0.1) is 0 Å². The number of hydrogen-bond donors (Lipinski definition) is 0. The molecular weight excluding hydrogens is 343 g/mol. The van der Waals surface area contributed by atoms with Gasteiger partial charge >= 0.3 is 0 Å². The van der Waals surface area contributed by atoms with E-state index < -0.39 is 5.67 Å². The fourth-order valence-electron chi connectivity index (χ4n) is 3.67. The van der Waals surface area contributed by atoms with E-state index in [0.29, 0.717) is 5.69 Å². The minimum atomic E-state index is -1.72. The Morgan fingerprint density at radius 2 is 2.00 bits per heavy atom. The minimum Gasteiger partial charge on any atom is -0.296 e. The number of ketones is 1. The van der Waals surface area contributed by atoms with Crippen molar-refractivity contribution < 1.29 is 9.18 Å². The van der Waals surface area contributed by atoms with Crippen molar-refractivity contribution in [3.05, 3.63) is 48.5 Å². The molecule has 2 aromatic heterocycles. The molecule has 0 amide bonds. The van der Waals surface area contributed by atoms with Gasteiger partial charge in [0, 0.05) is 49.2 Å². The van der Waals surface area contributed by atoms with Gasteiger partial charge in [0.25, 0.3) is 0 Å². The maximum Gasteiger partial charge on any atom is 0.194 e. The first kappa shape index (κ1) is 17.8. The quantitative estimate of drug-likeness (QED) is 0.672. The van der Waals surface area contributed by atoms with Crippen molar-refractivity contribution in [3.8, 4) is 11.1 Å². The molecule has 1 aliphatic heterocycles. The molecule has 1 fully saturated rings. The van der Waals surface area contributed by atoms with Crippen molar-refractivity contribution >= 4 is 16.6 Å². The number of rotatable bonds is 6. The lowest BCUT2D eigenvalue weighted by molar-refractivity contribution is -0.142. The third-order valence-corrected chi connectivity index (χ3v) is 5.15. The summed E-state index contributed by atoms with van der Waals surface area (Å²) in [4.78, 5) is 18.8. The maximum absolute atomic E-state index is 14.7. The Balaban J connectivity index is 1.53. The third-order valence-electron chi connectivity index (χ3n) is 5.15. The summed E-state index contributed by atoms with van der Waals surface area (Å²) in [5.41, 5.74) is 0.975. The molecule has 5 nitrogen and oxygen atoms in total. The van der Waals surface area contributed by atoms with Gasteiger partial charge in [0.05, 0.1) is 12.6 Å². The van der Waals surface area contributed by atoms with Crippen molar-refractivity contribution in [2.45, 2.75) is 25.4 Å². The van der Waals surface area contributed by atoms with Crippen LogP contribution in [0.5, 0.6) is 0 Å². The number of fused-ring (bicyclic) bond motifs is 1. The second kappa shape index (κ2) is 6.85. The highest BCUT2D eigenvalue weighted by molar-refractivity contribution is 5.92. The Labute approximate surface area is 157 Å². The third kappa shape index (κ3) is 3.49. The predicted octanol–water partition coefficient (Wildman–Crippen LogP) is 3.18. The number of likely N-dealkylation sites (tertiary alicyclic amines) is 1. The number of benzene rings is 1. The van der Waals surface area contributed by atoms with Crippen LogP contribution in [0.2, 0.25) is 0 Å². The lowest BCUT2D eigenvalue weighted by atomic mass is 9.88. The van der Waals surface area contributed by atoms with Crippen molar-refractivity contribution in [1.82, 2.24) is 19.7 Å². The first-order valence-electron chi connectivity index (χ1n) is 9.29. The Kier molecular flexibility index (Phi) is 4.52. The summed E-state index contributed by atoms with van der Waals surface area (Å²) in [7, 11) is 1.88. The zero-order valence-corrected chi connectivity index (χ0v) is 15.7. The molecule has 0 N–H and O–H groups in total. The molecule has 4 rings (SSSR count).